The molecule has 16 heavy (non-hydrogen) atoms. The first kappa shape index (κ1) is 15.4. The lowest BCUT2D eigenvalue weighted by Gasteiger charge is -2.42. The van der Waals surface area contributed by atoms with Crippen molar-refractivity contribution in [2.75, 3.05) is 0 Å². The van der Waals surface area contributed by atoms with Crippen molar-refractivity contribution in [1.82, 2.24) is 0 Å². The summed E-state index contributed by atoms with van der Waals surface area (Å²) < 4.78 is 0. The summed E-state index contributed by atoms with van der Waals surface area (Å²) in [7, 11) is 0. The molecule has 2 nitrogen and oxygen atoms in total. The summed E-state index contributed by atoms with van der Waals surface area (Å²) in [4.78, 5) is 0. The molecule has 0 aromatic heterocycles. The van der Waals surface area contributed by atoms with Crippen molar-refractivity contribution in [2.45, 2.75) is 66.6 Å². The molecule has 0 spiro atoms. The van der Waals surface area contributed by atoms with E-state index in [0.29, 0.717) is 0 Å². The zero-order valence-electron chi connectivity index (χ0n) is 11.9. The van der Waals surface area contributed by atoms with Crippen molar-refractivity contribution >= 4 is 0 Å². The molecule has 0 rings (SSSR count). The third kappa shape index (κ3) is 3.48. The van der Waals surface area contributed by atoms with E-state index < -0.39 is 16.6 Å². The zero-order valence-corrected chi connectivity index (χ0v) is 11.9. The molecule has 94 valence electrons. The monoisotopic (exact) mass is 226 g/mol. The zero-order chi connectivity index (χ0) is 13.4. The molecule has 0 saturated heterocycles. The molecule has 2 heteroatoms. The van der Waals surface area contributed by atoms with Gasteiger partial charge in [0, 0.05) is 11.0 Å². The van der Waals surface area contributed by atoms with Gasteiger partial charge < -0.3 is 10.2 Å². The highest BCUT2D eigenvalue weighted by Crippen LogP contribution is 2.42. The molecule has 0 radical (unpaired) electrons. The molecule has 0 aromatic rings. The van der Waals surface area contributed by atoms with Gasteiger partial charge >= 0.3 is 0 Å². The lowest BCUT2D eigenvalue weighted by molar-refractivity contribution is -0.0355. The second kappa shape index (κ2) is 4.37. The number of hydrogen-bond donors (Lipinski definition) is 2. The third-order valence-electron chi connectivity index (χ3n) is 3.14. The van der Waals surface area contributed by atoms with Crippen LogP contribution < -0.4 is 0 Å². The Hall–Kier alpha value is -0.560. The fourth-order valence-electron chi connectivity index (χ4n) is 1.63. The number of rotatable bonds is 3. The quantitative estimate of drug-likeness (QED) is 0.726. The van der Waals surface area contributed by atoms with Crippen LogP contribution in [0.5, 0.6) is 0 Å². The molecular weight excluding hydrogens is 200 g/mol. The Bertz CT molecular complexity index is 312. The van der Waals surface area contributed by atoms with Crippen molar-refractivity contribution < 1.29 is 10.2 Å². The Morgan fingerprint density at radius 3 is 1.44 bits per heavy atom. The lowest BCUT2D eigenvalue weighted by Crippen LogP contribution is -2.45. The highest BCUT2D eigenvalue weighted by atomic mass is 16.3. The molecule has 0 aromatic carbocycles. The van der Waals surface area contributed by atoms with E-state index in [-0.39, 0.29) is 0 Å². The van der Waals surface area contributed by atoms with Crippen LogP contribution >= 0.6 is 0 Å². The summed E-state index contributed by atoms with van der Waals surface area (Å²) in [5, 5.41) is 20.4. The maximum absolute atomic E-state index is 10.2. The van der Waals surface area contributed by atoms with Crippen LogP contribution in [0.4, 0.5) is 0 Å². The van der Waals surface area contributed by atoms with Gasteiger partial charge in [-0.3, -0.25) is 0 Å². The fourth-order valence-corrected chi connectivity index (χ4v) is 1.63. The van der Waals surface area contributed by atoms with Crippen LogP contribution in [-0.2, 0) is 0 Å². The molecular formula is C14H26O2. The van der Waals surface area contributed by atoms with Crippen LogP contribution in [0.25, 0.3) is 0 Å². The van der Waals surface area contributed by atoms with Crippen LogP contribution in [0.1, 0.15) is 55.4 Å². The van der Waals surface area contributed by atoms with Gasteiger partial charge in [-0.25, -0.2) is 0 Å². The highest BCUT2D eigenvalue weighted by molar-refractivity contribution is 5.26. The van der Waals surface area contributed by atoms with Gasteiger partial charge in [-0.05, 0) is 47.1 Å². The molecule has 0 amide bonds. The van der Waals surface area contributed by atoms with Gasteiger partial charge in [0.15, 0.2) is 0 Å². The van der Waals surface area contributed by atoms with Gasteiger partial charge in [0.1, 0.15) is 0 Å². The maximum atomic E-state index is 10.2. The second-order valence-corrected chi connectivity index (χ2v) is 6.24. The van der Waals surface area contributed by atoms with E-state index in [1.165, 1.54) is 0 Å². The smallest absolute Gasteiger partial charge is 0.0880 e. The largest absolute Gasteiger partial charge is 0.390 e. The minimum absolute atomic E-state index is 0.539. The normalized spacial score (nSPS) is 13.4. The van der Waals surface area contributed by atoms with E-state index in [4.69, 9.17) is 0 Å². The lowest BCUT2D eigenvalue weighted by atomic mass is 9.67. The first-order chi connectivity index (χ1) is 6.80. The highest BCUT2D eigenvalue weighted by Gasteiger charge is 2.43. The second-order valence-electron chi connectivity index (χ2n) is 6.24. The van der Waals surface area contributed by atoms with Crippen LogP contribution in [-0.4, -0.2) is 21.4 Å². The molecule has 0 aliphatic rings. The third-order valence-corrected chi connectivity index (χ3v) is 3.14. The van der Waals surface area contributed by atoms with Crippen LogP contribution in [0.3, 0.4) is 0 Å². The van der Waals surface area contributed by atoms with E-state index in [0.717, 1.165) is 11.1 Å². The fraction of sp³-hybridized carbons (Fsp3) is 0.786. The van der Waals surface area contributed by atoms with Gasteiger partial charge in [-0.15, -0.1) is 5.73 Å². The Morgan fingerprint density at radius 2 is 1.25 bits per heavy atom. The van der Waals surface area contributed by atoms with Crippen molar-refractivity contribution in [3.63, 3.8) is 0 Å². The van der Waals surface area contributed by atoms with Gasteiger partial charge in [-0.1, -0.05) is 13.8 Å². The minimum Gasteiger partial charge on any atom is -0.390 e. The van der Waals surface area contributed by atoms with Crippen molar-refractivity contribution in [3.8, 4) is 0 Å². The molecule has 0 saturated carbocycles. The van der Waals surface area contributed by atoms with Gasteiger partial charge in [0.05, 0.1) is 11.2 Å². The van der Waals surface area contributed by atoms with Crippen molar-refractivity contribution in [1.29, 1.82) is 0 Å². The van der Waals surface area contributed by atoms with Gasteiger partial charge in [0.2, 0.25) is 0 Å². The van der Waals surface area contributed by atoms with E-state index in [9.17, 15) is 10.2 Å². The average Bonchev–Trinajstić information content (AvgIpc) is 1.95. The molecule has 0 unspecified atom stereocenters. The maximum Gasteiger partial charge on any atom is 0.0880 e. The van der Waals surface area contributed by atoms with Crippen LogP contribution in [0.15, 0.2) is 16.9 Å². The van der Waals surface area contributed by atoms with E-state index in [1.54, 1.807) is 27.7 Å². The SMILES string of the molecule is CC(C)=C=C(C(C)(C)O)C(C)(C)C(C)(C)O. The van der Waals surface area contributed by atoms with E-state index >= 15 is 0 Å². The van der Waals surface area contributed by atoms with Crippen LogP contribution in [0, 0.1) is 5.41 Å². The number of aliphatic hydroxyl groups is 2. The van der Waals surface area contributed by atoms with Crippen molar-refractivity contribution in [3.05, 3.63) is 16.9 Å². The summed E-state index contributed by atoms with van der Waals surface area (Å²) in [5.41, 5.74) is 2.48. The minimum atomic E-state index is -0.985. The predicted octanol–water partition coefficient (Wildman–Crippen LogP) is 3.05. The molecule has 0 fully saturated rings. The molecule has 0 aliphatic heterocycles. The summed E-state index contributed by atoms with van der Waals surface area (Å²) in [5.74, 6) is 0. The first-order valence-electron chi connectivity index (χ1n) is 5.70. The summed E-state index contributed by atoms with van der Waals surface area (Å²) in [6.45, 7) is 14.7. The molecule has 2 N–H and O–H groups in total. The van der Waals surface area contributed by atoms with Crippen molar-refractivity contribution in [2.24, 2.45) is 5.41 Å². The predicted molar refractivity (Wildman–Crippen MR) is 68.3 cm³/mol. The Kier molecular flexibility index (Phi) is 4.21. The standard InChI is InChI=1S/C14H26O2/c1-10(2)9-11(13(5,6)15)12(3,4)14(7,8)16/h15-16H,1-8H3. The van der Waals surface area contributed by atoms with E-state index in [1.807, 2.05) is 27.7 Å². The first-order valence-corrected chi connectivity index (χ1v) is 5.70. The number of hydrogen-bond acceptors (Lipinski definition) is 2. The summed E-state index contributed by atoms with van der Waals surface area (Å²) in [6.07, 6.45) is 0. The Balaban J connectivity index is 5.88. The average molecular weight is 226 g/mol. The molecule has 0 aliphatic carbocycles. The summed E-state index contributed by atoms with van der Waals surface area (Å²) in [6, 6.07) is 0. The Labute approximate surface area is 99.7 Å². The Morgan fingerprint density at radius 1 is 0.875 bits per heavy atom. The summed E-state index contributed by atoms with van der Waals surface area (Å²) >= 11 is 0. The van der Waals surface area contributed by atoms with Gasteiger partial charge in [0.25, 0.3) is 0 Å². The van der Waals surface area contributed by atoms with Gasteiger partial charge in [-0.2, -0.15) is 0 Å². The molecule has 0 atom stereocenters. The molecule has 0 bridgehead atoms. The molecule has 0 heterocycles. The topological polar surface area (TPSA) is 40.5 Å². The van der Waals surface area contributed by atoms with Crippen LogP contribution in [0.2, 0.25) is 0 Å². The van der Waals surface area contributed by atoms with E-state index in [2.05, 4.69) is 5.73 Å².